The van der Waals surface area contributed by atoms with Gasteiger partial charge in [0.05, 0.1) is 0 Å². The van der Waals surface area contributed by atoms with Gasteiger partial charge >= 0.3 is 0 Å². The van der Waals surface area contributed by atoms with Gasteiger partial charge in [-0.15, -0.1) is 5.10 Å². The van der Waals surface area contributed by atoms with Gasteiger partial charge in [0.1, 0.15) is 10.7 Å². The molecule has 2 rings (SSSR count). The van der Waals surface area contributed by atoms with Gasteiger partial charge in [0.25, 0.3) is 0 Å². The second-order valence-electron chi connectivity index (χ2n) is 4.67. The third kappa shape index (κ3) is 3.12. The molecule has 1 saturated heterocycles. The highest BCUT2D eigenvalue weighted by Crippen LogP contribution is 2.20. The molecule has 0 saturated carbocycles. The van der Waals surface area contributed by atoms with E-state index >= 15 is 0 Å². The van der Waals surface area contributed by atoms with Gasteiger partial charge in [0.15, 0.2) is 0 Å². The van der Waals surface area contributed by atoms with Crippen LogP contribution in [0, 0.1) is 0 Å². The van der Waals surface area contributed by atoms with Crippen LogP contribution in [0.25, 0.3) is 0 Å². The summed E-state index contributed by atoms with van der Waals surface area (Å²) in [6.07, 6.45) is 2.52. The first-order valence-corrected chi connectivity index (χ1v) is 6.64. The van der Waals surface area contributed by atoms with Crippen LogP contribution in [-0.4, -0.2) is 52.6 Å². The summed E-state index contributed by atoms with van der Waals surface area (Å²) >= 11 is 1.30. The van der Waals surface area contributed by atoms with Crippen molar-refractivity contribution in [1.29, 1.82) is 0 Å². The van der Waals surface area contributed by atoms with Gasteiger partial charge in [0, 0.05) is 30.7 Å². The van der Waals surface area contributed by atoms with Crippen molar-refractivity contribution in [2.75, 3.05) is 32.6 Å². The van der Waals surface area contributed by atoms with Gasteiger partial charge in [-0.05, 0) is 33.5 Å². The Balaban J connectivity index is 1.94. The number of hydrogen-bond donors (Lipinski definition) is 2. The lowest BCUT2D eigenvalue weighted by Gasteiger charge is -2.35. The zero-order valence-electron chi connectivity index (χ0n) is 10.4. The molecule has 96 valence electrons. The molecule has 1 aromatic rings. The van der Waals surface area contributed by atoms with E-state index in [1.54, 1.807) is 0 Å². The maximum Gasteiger partial charge on any atom is 0.148 e. The number of likely N-dealkylation sites (N-methyl/N-ethyl adjacent to an activating group) is 2. The van der Waals surface area contributed by atoms with Crippen LogP contribution in [-0.2, 0) is 6.54 Å². The van der Waals surface area contributed by atoms with Crippen molar-refractivity contribution in [3.8, 4) is 0 Å². The van der Waals surface area contributed by atoms with E-state index in [1.807, 2.05) is 0 Å². The fourth-order valence-corrected chi connectivity index (χ4v) is 2.77. The predicted octanol–water partition coefficient (Wildman–Crippen LogP) is 0.350. The second kappa shape index (κ2) is 5.72. The van der Waals surface area contributed by atoms with E-state index in [0.717, 1.165) is 23.8 Å². The third-order valence-corrected chi connectivity index (χ3v) is 4.01. The van der Waals surface area contributed by atoms with E-state index in [-0.39, 0.29) is 0 Å². The number of likely N-dealkylation sites (tertiary alicyclic amines) is 1. The van der Waals surface area contributed by atoms with Crippen molar-refractivity contribution < 1.29 is 0 Å². The lowest BCUT2D eigenvalue weighted by Crippen LogP contribution is -2.44. The molecule has 6 nitrogen and oxygen atoms in total. The highest BCUT2D eigenvalue weighted by Gasteiger charge is 2.22. The fraction of sp³-hybridized carbons (Fsp3) is 0.800. The van der Waals surface area contributed by atoms with Crippen LogP contribution in [0.5, 0.6) is 0 Å². The quantitative estimate of drug-likeness (QED) is 0.598. The Bertz CT molecular complexity index is 354. The molecule has 1 aliphatic rings. The summed E-state index contributed by atoms with van der Waals surface area (Å²) in [5.41, 5.74) is 3.59. The minimum Gasteiger partial charge on any atom is -0.313 e. The van der Waals surface area contributed by atoms with Crippen molar-refractivity contribution in [1.82, 2.24) is 19.4 Å². The van der Waals surface area contributed by atoms with E-state index in [2.05, 4.69) is 38.9 Å². The summed E-state index contributed by atoms with van der Waals surface area (Å²) in [4.78, 5) is 4.72. The highest BCUT2D eigenvalue weighted by atomic mass is 32.1. The Kier molecular flexibility index (Phi) is 4.27. The van der Waals surface area contributed by atoms with Crippen LogP contribution >= 0.6 is 11.5 Å². The monoisotopic (exact) mass is 256 g/mol. The minimum atomic E-state index is 0.598. The summed E-state index contributed by atoms with van der Waals surface area (Å²) in [5, 5.41) is 4.97. The van der Waals surface area contributed by atoms with E-state index in [9.17, 15) is 0 Å². The van der Waals surface area contributed by atoms with Gasteiger partial charge in [-0.2, -0.15) is 0 Å². The molecule has 0 aliphatic carbocycles. The number of anilines is 1. The molecule has 0 bridgehead atoms. The maximum atomic E-state index is 5.42. The molecular weight excluding hydrogens is 236 g/mol. The van der Waals surface area contributed by atoms with Crippen LogP contribution in [0.4, 0.5) is 5.00 Å². The number of nitrogen functional groups attached to an aromatic ring is 1. The average molecular weight is 256 g/mol. The SMILES string of the molecule is CN1CCCC(N(C)Cc2nnsc2NN)C1. The second-order valence-corrected chi connectivity index (χ2v) is 5.42. The molecule has 1 fully saturated rings. The normalized spacial score (nSPS) is 22.0. The maximum absolute atomic E-state index is 5.42. The molecule has 0 radical (unpaired) electrons. The Morgan fingerprint density at radius 2 is 2.47 bits per heavy atom. The smallest absolute Gasteiger partial charge is 0.148 e. The van der Waals surface area contributed by atoms with Crippen molar-refractivity contribution >= 4 is 16.5 Å². The Labute approximate surface area is 106 Å². The Morgan fingerprint density at radius 1 is 1.65 bits per heavy atom. The van der Waals surface area contributed by atoms with Gasteiger partial charge in [-0.1, -0.05) is 4.49 Å². The summed E-state index contributed by atoms with van der Waals surface area (Å²) in [5.74, 6) is 5.42. The zero-order valence-corrected chi connectivity index (χ0v) is 11.2. The molecule has 1 atom stereocenters. The van der Waals surface area contributed by atoms with Crippen molar-refractivity contribution in [3.05, 3.63) is 5.69 Å². The van der Waals surface area contributed by atoms with E-state index in [1.165, 1.54) is 30.9 Å². The molecule has 1 aromatic heterocycles. The van der Waals surface area contributed by atoms with Crippen LogP contribution in [0.1, 0.15) is 18.5 Å². The minimum absolute atomic E-state index is 0.598. The van der Waals surface area contributed by atoms with E-state index in [0.29, 0.717) is 6.04 Å². The largest absolute Gasteiger partial charge is 0.313 e. The number of piperidine rings is 1. The van der Waals surface area contributed by atoms with Gasteiger partial charge in [-0.3, -0.25) is 4.90 Å². The lowest BCUT2D eigenvalue weighted by atomic mass is 10.1. The molecule has 17 heavy (non-hydrogen) atoms. The molecule has 0 aromatic carbocycles. The summed E-state index contributed by atoms with van der Waals surface area (Å²) < 4.78 is 3.92. The molecule has 2 heterocycles. The average Bonchev–Trinajstić information content (AvgIpc) is 2.76. The number of nitrogens with two attached hydrogens (primary N) is 1. The Hall–Kier alpha value is -0.760. The third-order valence-electron chi connectivity index (χ3n) is 3.31. The lowest BCUT2D eigenvalue weighted by molar-refractivity contribution is 0.128. The number of hydrazine groups is 1. The zero-order chi connectivity index (χ0) is 12.3. The summed E-state index contributed by atoms with van der Waals surface area (Å²) in [6.45, 7) is 3.13. The first-order chi connectivity index (χ1) is 8.20. The summed E-state index contributed by atoms with van der Waals surface area (Å²) in [6, 6.07) is 0.598. The molecule has 0 amide bonds. The Morgan fingerprint density at radius 3 is 3.18 bits per heavy atom. The van der Waals surface area contributed by atoms with Crippen molar-refractivity contribution in [2.24, 2.45) is 5.84 Å². The van der Waals surface area contributed by atoms with E-state index in [4.69, 9.17) is 5.84 Å². The van der Waals surface area contributed by atoms with Gasteiger partial charge < -0.3 is 10.3 Å². The number of rotatable bonds is 4. The highest BCUT2D eigenvalue weighted by molar-refractivity contribution is 7.10. The standard InChI is InChI=1S/C10H20N6S/c1-15-5-3-4-8(6-15)16(2)7-9-10(12-11)17-14-13-9/h8,12H,3-7,11H2,1-2H3. The van der Waals surface area contributed by atoms with E-state index < -0.39 is 0 Å². The van der Waals surface area contributed by atoms with Crippen LogP contribution in [0.15, 0.2) is 0 Å². The molecule has 0 spiro atoms. The predicted molar refractivity (Wildman–Crippen MR) is 69.7 cm³/mol. The fourth-order valence-electron chi connectivity index (χ4n) is 2.29. The van der Waals surface area contributed by atoms with Gasteiger partial charge in [-0.25, -0.2) is 5.84 Å². The first-order valence-electron chi connectivity index (χ1n) is 5.87. The topological polar surface area (TPSA) is 70.3 Å². The molecule has 1 unspecified atom stereocenters. The molecular formula is C10H20N6S. The van der Waals surface area contributed by atoms with Crippen molar-refractivity contribution in [3.63, 3.8) is 0 Å². The molecule has 7 heteroatoms. The molecule has 3 N–H and O–H groups in total. The number of aromatic nitrogens is 2. The summed E-state index contributed by atoms with van der Waals surface area (Å²) in [7, 11) is 4.32. The number of nitrogens with zero attached hydrogens (tertiary/aromatic N) is 4. The van der Waals surface area contributed by atoms with Crippen LogP contribution in [0.2, 0.25) is 0 Å². The van der Waals surface area contributed by atoms with Crippen LogP contribution < -0.4 is 11.3 Å². The van der Waals surface area contributed by atoms with Crippen molar-refractivity contribution in [2.45, 2.75) is 25.4 Å². The molecule has 1 aliphatic heterocycles. The number of nitrogens with one attached hydrogen (secondary N) is 1. The van der Waals surface area contributed by atoms with Crippen LogP contribution in [0.3, 0.4) is 0 Å². The van der Waals surface area contributed by atoms with Gasteiger partial charge in [0.2, 0.25) is 0 Å². The first kappa shape index (κ1) is 12.7. The number of hydrogen-bond acceptors (Lipinski definition) is 7.